The molecule has 2 fully saturated rings. The van der Waals surface area contributed by atoms with Crippen LogP contribution in [0.5, 0.6) is 0 Å². The molecular weight excluding hydrogens is 250 g/mol. The lowest BCUT2D eigenvalue weighted by Crippen LogP contribution is -2.44. The second-order valence-corrected chi connectivity index (χ2v) is 5.48. The highest BCUT2D eigenvalue weighted by molar-refractivity contribution is 5.80. The first kappa shape index (κ1) is 14.1. The number of rotatable bonds is 3. The van der Waals surface area contributed by atoms with Gasteiger partial charge in [-0.1, -0.05) is 0 Å². The van der Waals surface area contributed by atoms with Crippen LogP contribution in [0.2, 0.25) is 0 Å². The van der Waals surface area contributed by atoms with E-state index in [-0.39, 0.29) is 12.0 Å². The molecule has 19 heavy (non-hydrogen) atoms. The topological polar surface area (TPSA) is 87.1 Å². The van der Waals surface area contributed by atoms with Crippen molar-refractivity contribution in [1.29, 1.82) is 0 Å². The van der Waals surface area contributed by atoms with Gasteiger partial charge < -0.3 is 14.9 Å². The molecule has 0 bridgehead atoms. The van der Waals surface area contributed by atoms with Crippen molar-refractivity contribution in [2.75, 3.05) is 13.7 Å². The molecule has 2 atom stereocenters. The van der Waals surface area contributed by atoms with Crippen molar-refractivity contribution in [2.45, 2.75) is 44.2 Å². The fourth-order valence-electron chi connectivity index (χ4n) is 3.59. The second-order valence-electron chi connectivity index (χ2n) is 5.48. The lowest BCUT2D eigenvalue weighted by Gasteiger charge is -2.33. The molecule has 1 saturated heterocycles. The van der Waals surface area contributed by atoms with E-state index in [0.29, 0.717) is 18.9 Å². The quantitative estimate of drug-likeness (QED) is 0.815. The van der Waals surface area contributed by atoms with Crippen molar-refractivity contribution in [3.63, 3.8) is 0 Å². The van der Waals surface area contributed by atoms with Gasteiger partial charge in [0.1, 0.15) is 6.04 Å². The number of amides is 1. The molecule has 0 unspecified atom stereocenters. The van der Waals surface area contributed by atoms with Crippen molar-refractivity contribution in [2.24, 2.45) is 11.8 Å². The highest BCUT2D eigenvalue weighted by atomic mass is 16.5. The van der Waals surface area contributed by atoms with Crippen LogP contribution in [-0.2, 0) is 9.53 Å². The maximum absolute atomic E-state index is 11.4. The minimum atomic E-state index is -1.12. The molecule has 0 radical (unpaired) electrons. The zero-order chi connectivity index (χ0) is 14.0. The molecule has 0 aromatic rings. The molecule has 0 spiro atoms. The Hall–Kier alpha value is -1.30. The van der Waals surface area contributed by atoms with Crippen LogP contribution in [0.25, 0.3) is 0 Å². The van der Waals surface area contributed by atoms with Gasteiger partial charge in [0.25, 0.3) is 0 Å². The van der Waals surface area contributed by atoms with E-state index in [1.807, 2.05) is 0 Å². The summed E-state index contributed by atoms with van der Waals surface area (Å²) in [5.74, 6) is -0.762. The van der Waals surface area contributed by atoms with Gasteiger partial charge in [-0.25, -0.2) is 9.59 Å². The van der Waals surface area contributed by atoms with Crippen LogP contribution in [-0.4, -0.2) is 53.0 Å². The summed E-state index contributed by atoms with van der Waals surface area (Å²) in [6.07, 6.45) is 3.55. The lowest BCUT2D eigenvalue weighted by atomic mass is 9.76. The average Bonchev–Trinajstić information content (AvgIpc) is 2.83. The van der Waals surface area contributed by atoms with Gasteiger partial charge in [0.2, 0.25) is 0 Å². The molecule has 1 heterocycles. The van der Waals surface area contributed by atoms with Crippen LogP contribution in [0, 0.1) is 11.8 Å². The maximum atomic E-state index is 11.4. The zero-order valence-corrected chi connectivity index (χ0v) is 11.1. The lowest BCUT2D eigenvalue weighted by molar-refractivity contribution is -0.143. The van der Waals surface area contributed by atoms with E-state index in [2.05, 4.69) is 0 Å². The Labute approximate surface area is 112 Å². The van der Waals surface area contributed by atoms with Crippen molar-refractivity contribution in [3.05, 3.63) is 0 Å². The van der Waals surface area contributed by atoms with E-state index >= 15 is 0 Å². The Morgan fingerprint density at radius 3 is 2.21 bits per heavy atom. The van der Waals surface area contributed by atoms with Crippen LogP contribution < -0.4 is 0 Å². The molecule has 108 valence electrons. The van der Waals surface area contributed by atoms with Gasteiger partial charge in [-0.2, -0.15) is 0 Å². The standard InChI is InChI=1S/C13H21NO5/c1-19-9-4-2-8(3-5-9)10-6-7-14(13(17)18)11(10)12(15)16/h8-11H,2-7H2,1H3,(H,15,16)(H,17,18)/t8-,9+,10-,11-/m0/s1. The van der Waals surface area contributed by atoms with Gasteiger partial charge in [0, 0.05) is 13.7 Å². The monoisotopic (exact) mass is 271 g/mol. The molecule has 6 nitrogen and oxygen atoms in total. The predicted octanol–water partition coefficient (Wildman–Crippen LogP) is 1.64. The maximum Gasteiger partial charge on any atom is 0.408 e. The third-order valence-electron chi connectivity index (χ3n) is 4.60. The van der Waals surface area contributed by atoms with Gasteiger partial charge >= 0.3 is 12.1 Å². The highest BCUT2D eigenvalue weighted by Gasteiger charge is 2.45. The number of likely N-dealkylation sites (tertiary alicyclic amines) is 1. The fraction of sp³-hybridized carbons (Fsp3) is 0.846. The number of methoxy groups -OCH3 is 1. The smallest absolute Gasteiger partial charge is 0.408 e. The number of hydrogen-bond acceptors (Lipinski definition) is 3. The molecule has 1 amide bonds. The molecule has 2 rings (SSSR count). The van der Waals surface area contributed by atoms with E-state index in [0.717, 1.165) is 30.6 Å². The number of carboxylic acids is 1. The summed E-state index contributed by atoms with van der Waals surface area (Å²) in [5, 5.41) is 18.4. The van der Waals surface area contributed by atoms with Crippen LogP contribution in [0.1, 0.15) is 32.1 Å². The van der Waals surface area contributed by atoms with E-state index in [4.69, 9.17) is 9.84 Å². The third kappa shape index (κ3) is 2.83. The first-order valence-electron chi connectivity index (χ1n) is 6.79. The molecule has 0 aromatic carbocycles. The SMILES string of the molecule is CO[C@H]1CC[C@@H]([C@@H]2CCN(C(=O)O)[C@@H]2C(=O)O)CC1. The summed E-state index contributed by atoms with van der Waals surface area (Å²) < 4.78 is 5.31. The Balaban J connectivity index is 2.03. The number of ether oxygens (including phenoxy) is 1. The fourth-order valence-corrected chi connectivity index (χ4v) is 3.59. The summed E-state index contributed by atoms with van der Waals surface area (Å²) in [7, 11) is 1.70. The van der Waals surface area contributed by atoms with E-state index in [1.165, 1.54) is 0 Å². The average molecular weight is 271 g/mol. The van der Waals surface area contributed by atoms with Gasteiger partial charge in [-0.05, 0) is 43.9 Å². The molecule has 1 saturated carbocycles. The second kappa shape index (κ2) is 5.77. The van der Waals surface area contributed by atoms with Crippen LogP contribution in [0.3, 0.4) is 0 Å². The van der Waals surface area contributed by atoms with Gasteiger partial charge in [-0.3, -0.25) is 4.90 Å². The van der Waals surface area contributed by atoms with Crippen LogP contribution in [0.4, 0.5) is 4.79 Å². The van der Waals surface area contributed by atoms with Gasteiger partial charge in [-0.15, -0.1) is 0 Å². The zero-order valence-electron chi connectivity index (χ0n) is 11.1. The molecule has 1 aliphatic heterocycles. The molecule has 2 N–H and O–H groups in total. The summed E-state index contributed by atoms with van der Waals surface area (Å²) in [6.45, 7) is 0.334. The van der Waals surface area contributed by atoms with E-state index < -0.39 is 18.1 Å². The number of nitrogens with zero attached hydrogens (tertiary/aromatic N) is 1. The molecular formula is C13H21NO5. The third-order valence-corrected chi connectivity index (χ3v) is 4.60. The van der Waals surface area contributed by atoms with Crippen LogP contribution >= 0.6 is 0 Å². The number of aliphatic carboxylic acids is 1. The Morgan fingerprint density at radius 1 is 1.11 bits per heavy atom. The summed E-state index contributed by atoms with van der Waals surface area (Å²) >= 11 is 0. The van der Waals surface area contributed by atoms with Gasteiger partial charge in [0.05, 0.1) is 6.10 Å². The first-order valence-corrected chi connectivity index (χ1v) is 6.79. The van der Waals surface area contributed by atoms with E-state index in [1.54, 1.807) is 7.11 Å². The van der Waals surface area contributed by atoms with Gasteiger partial charge in [0.15, 0.2) is 0 Å². The molecule has 1 aliphatic carbocycles. The number of carboxylic acid groups (broad SMARTS) is 2. The highest BCUT2D eigenvalue weighted by Crippen LogP contribution is 2.39. The molecule has 0 aromatic heterocycles. The first-order chi connectivity index (χ1) is 9.04. The van der Waals surface area contributed by atoms with Crippen molar-refractivity contribution < 1.29 is 24.5 Å². The molecule has 6 heteroatoms. The Morgan fingerprint density at radius 2 is 1.74 bits per heavy atom. The number of carbonyl (C=O) groups is 2. The Kier molecular flexibility index (Phi) is 4.29. The Bertz CT molecular complexity index is 351. The van der Waals surface area contributed by atoms with E-state index in [9.17, 15) is 14.7 Å². The summed E-state index contributed by atoms with van der Waals surface area (Å²) in [6, 6.07) is -0.874. The normalized spacial score (nSPS) is 35.3. The molecule has 2 aliphatic rings. The summed E-state index contributed by atoms with van der Waals surface area (Å²) in [4.78, 5) is 23.5. The number of hydrogen-bond donors (Lipinski definition) is 2. The van der Waals surface area contributed by atoms with Crippen LogP contribution in [0.15, 0.2) is 0 Å². The largest absolute Gasteiger partial charge is 0.480 e. The van der Waals surface area contributed by atoms with Crippen molar-refractivity contribution >= 4 is 12.1 Å². The minimum Gasteiger partial charge on any atom is -0.480 e. The summed E-state index contributed by atoms with van der Waals surface area (Å²) in [5.41, 5.74) is 0. The predicted molar refractivity (Wildman–Crippen MR) is 67.0 cm³/mol. The minimum absolute atomic E-state index is 0.0496. The van der Waals surface area contributed by atoms with Crippen molar-refractivity contribution in [1.82, 2.24) is 4.90 Å². The van der Waals surface area contributed by atoms with Crippen molar-refractivity contribution in [3.8, 4) is 0 Å².